The zero-order valence-corrected chi connectivity index (χ0v) is 10.3. The van der Waals surface area contributed by atoms with Crippen LogP contribution in [-0.2, 0) is 0 Å². The SMILES string of the molecule is CCC(C)CN(C)c1ncc(Cl)cc1N. The Labute approximate surface area is 96.2 Å². The fourth-order valence-corrected chi connectivity index (χ4v) is 1.62. The molecule has 0 spiro atoms. The van der Waals surface area contributed by atoms with E-state index in [1.807, 2.05) is 7.05 Å². The molecule has 0 radical (unpaired) electrons. The van der Waals surface area contributed by atoms with E-state index >= 15 is 0 Å². The summed E-state index contributed by atoms with van der Waals surface area (Å²) in [5.41, 5.74) is 6.48. The molecule has 84 valence electrons. The highest BCUT2D eigenvalue weighted by Crippen LogP contribution is 2.23. The van der Waals surface area contributed by atoms with Crippen molar-refractivity contribution in [3.63, 3.8) is 0 Å². The number of aromatic nitrogens is 1. The van der Waals surface area contributed by atoms with E-state index in [-0.39, 0.29) is 0 Å². The zero-order valence-electron chi connectivity index (χ0n) is 9.50. The minimum Gasteiger partial charge on any atom is -0.396 e. The number of rotatable bonds is 4. The molecule has 0 aliphatic rings. The van der Waals surface area contributed by atoms with Crippen molar-refractivity contribution >= 4 is 23.1 Å². The van der Waals surface area contributed by atoms with Crippen LogP contribution in [0.3, 0.4) is 0 Å². The summed E-state index contributed by atoms with van der Waals surface area (Å²) in [6.45, 7) is 5.34. The summed E-state index contributed by atoms with van der Waals surface area (Å²) in [5.74, 6) is 1.44. The molecule has 15 heavy (non-hydrogen) atoms. The Kier molecular flexibility index (Phi) is 4.21. The van der Waals surface area contributed by atoms with Crippen LogP contribution in [0.4, 0.5) is 11.5 Å². The summed E-state index contributed by atoms with van der Waals surface area (Å²) in [6, 6.07) is 1.73. The molecular weight excluding hydrogens is 210 g/mol. The first kappa shape index (κ1) is 12.1. The van der Waals surface area contributed by atoms with Gasteiger partial charge in [-0.1, -0.05) is 31.9 Å². The van der Waals surface area contributed by atoms with Crippen LogP contribution >= 0.6 is 11.6 Å². The Bertz CT molecular complexity index is 328. The van der Waals surface area contributed by atoms with Crippen molar-refractivity contribution in [2.24, 2.45) is 5.92 Å². The van der Waals surface area contributed by atoms with Crippen molar-refractivity contribution in [1.29, 1.82) is 0 Å². The average Bonchev–Trinajstić information content (AvgIpc) is 2.17. The summed E-state index contributed by atoms with van der Waals surface area (Å²) < 4.78 is 0. The van der Waals surface area contributed by atoms with Crippen molar-refractivity contribution in [2.75, 3.05) is 24.2 Å². The van der Waals surface area contributed by atoms with Crippen molar-refractivity contribution in [3.05, 3.63) is 17.3 Å². The second-order valence-corrected chi connectivity index (χ2v) is 4.40. The lowest BCUT2D eigenvalue weighted by atomic mass is 10.1. The van der Waals surface area contributed by atoms with E-state index in [9.17, 15) is 0 Å². The van der Waals surface area contributed by atoms with Gasteiger partial charge in [-0.15, -0.1) is 0 Å². The van der Waals surface area contributed by atoms with Crippen molar-refractivity contribution < 1.29 is 0 Å². The van der Waals surface area contributed by atoms with E-state index in [4.69, 9.17) is 17.3 Å². The van der Waals surface area contributed by atoms with Gasteiger partial charge in [-0.25, -0.2) is 4.98 Å². The minimum atomic E-state index is 0.577. The monoisotopic (exact) mass is 227 g/mol. The molecule has 1 aromatic rings. The molecule has 1 atom stereocenters. The Morgan fingerprint density at radius 3 is 2.80 bits per heavy atom. The van der Waals surface area contributed by atoms with E-state index in [1.165, 1.54) is 0 Å². The van der Waals surface area contributed by atoms with Gasteiger partial charge in [0.1, 0.15) is 0 Å². The maximum absolute atomic E-state index is 5.85. The van der Waals surface area contributed by atoms with E-state index in [1.54, 1.807) is 12.3 Å². The first-order valence-electron chi connectivity index (χ1n) is 5.16. The molecule has 1 unspecified atom stereocenters. The highest BCUT2D eigenvalue weighted by atomic mass is 35.5. The second kappa shape index (κ2) is 5.21. The molecule has 0 bridgehead atoms. The van der Waals surface area contributed by atoms with Gasteiger partial charge in [-0.05, 0) is 12.0 Å². The fraction of sp³-hybridized carbons (Fsp3) is 0.545. The van der Waals surface area contributed by atoms with Crippen LogP contribution < -0.4 is 10.6 Å². The van der Waals surface area contributed by atoms with Gasteiger partial charge in [-0.2, -0.15) is 0 Å². The Balaban J connectivity index is 2.77. The number of nitrogens with two attached hydrogens (primary N) is 1. The van der Waals surface area contributed by atoms with Crippen molar-refractivity contribution in [3.8, 4) is 0 Å². The van der Waals surface area contributed by atoms with Crippen molar-refractivity contribution in [2.45, 2.75) is 20.3 Å². The largest absolute Gasteiger partial charge is 0.396 e. The topological polar surface area (TPSA) is 42.2 Å². The molecule has 0 aliphatic carbocycles. The second-order valence-electron chi connectivity index (χ2n) is 3.96. The maximum atomic E-state index is 5.85. The van der Waals surface area contributed by atoms with Crippen LogP contribution in [0, 0.1) is 5.92 Å². The summed E-state index contributed by atoms with van der Waals surface area (Å²) >= 11 is 5.79. The predicted octanol–water partition coefficient (Wildman–Crippen LogP) is 2.80. The van der Waals surface area contributed by atoms with Gasteiger partial charge < -0.3 is 10.6 Å². The first-order chi connectivity index (χ1) is 7.04. The van der Waals surface area contributed by atoms with Crippen LogP contribution in [0.15, 0.2) is 12.3 Å². The van der Waals surface area contributed by atoms with E-state index in [0.717, 1.165) is 18.8 Å². The molecule has 1 aromatic heterocycles. The van der Waals surface area contributed by atoms with Crippen molar-refractivity contribution in [1.82, 2.24) is 4.98 Å². The minimum absolute atomic E-state index is 0.577. The van der Waals surface area contributed by atoms with Crippen LogP contribution in [0.2, 0.25) is 5.02 Å². The number of halogens is 1. The number of hydrogen-bond donors (Lipinski definition) is 1. The van der Waals surface area contributed by atoms with Gasteiger partial charge in [-0.3, -0.25) is 0 Å². The molecule has 4 heteroatoms. The standard InChI is InChI=1S/C11H18ClN3/c1-4-8(2)7-15(3)11-10(13)5-9(12)6-14-11/h5-6,8H,4,7,13H2,1-3H3. The molecule has 2 N–H and O–H groups in total. The number of nitrogens with zero attached hydrogens (tertiary/aromatic N) is 2. The van der Waals surface area contributed by atoms with Gasteiger partial charge in [0.2, 0.25) is 0 Å². The molecule has 1 rings (SSSR count). The number of anilines is 2. The molecule has 3 nitrogen and oxygen atoms in total. The smallest absolute Gasteiger partial charge is 0.151 e. The third kappa shape index (κ3) is 3.27. The van der Waals surface area contributed by atoms with Gasteiger partial charge in [0.25, 0.3) is 0 Å². The van der Waals surface area contributed by atoms with E-state index in [0.29, 0.717) is 16.6 Å². The third-order valence-corrected chi connectivity index (χ3v) is 2.71. The fourth-order valence-electron chi connectivity index (χ4n) is 1.45. The van der Waals surface area contributed by atoms with E-state index < -0.39 is 0 Å². The van der Waals surface area contributed by atoms with Gasteiger partial charge in [0.15, 0.2) is 5.82 Å². The molecule has 0 saturated heterocycles. The van der Waals surface area contributed by atoms with Crippen LogP contribution in [0.25, 0.3) is 0 Å². The lowest BCUT2D eigenvalue weighted by Gasteiger charge is -2.22. The highest BCUT2D eigenvalue weighted by Gasteiger charge is 2.10. The molecule has 0 aliphatic heterocycles. The van der Waals surface area contributed by atoms with Crippen LogP contribution in [0.1, 0.15) is 20.3 Å². The Morgan fingerprint density at radius 1 is 1.60 bits per heavy atom. The Hall–Kier alpha value is -0.960. The lowest BCUT2D eigenvalue weighted by molar-refractivity contribution is 0.558. The van der Waals surface area contributed by atoms with Crippen LogP contribution in [0.5, 0.6) is 0 Å². The molecule has 1 heterocycles. The highest BCUT2D eigenvalue weighted by molar-refractivity contribution is 6.30. The van der Waals surface area contributed by atoms with E-state index in [2.05, 4.69) is 23.7 Å². The van der Waals surface area contributed by atoms with Gasteiger partial charge >= 0.3 is 0 Å². The normalized spacial score (nSPS) is 12.5. The quantitative estimate of drug-likeness (QED) is 0.860. The summed E-state index contributed by atoms with van der Waals surface area (Å²) in [4.78, 5) is 6.30. The first-order valence-corrected chi connectivity index (χ1v) is 5.54. The molecule has 0 amide bonds. The number of hydrogen-bond acceptors (Lipinski definition) is 3. The molecule has 0 aromatic carbocycles. The van der Waals surface area contributed by atoms with Crippen LogP contribution in [-0.4, -0.2) is 18.6 Å². The molecule has 0 saturated carbocycles. The molecular formula is C11H18ClN3. The average molecular weight is 228 g/mol. The summed E-state index contributed by atoms with van der Waals surface area (Å²) in [5, 5.41) is 0.577. The maximum Gasteiger partial charge on any atom is 0.151 e. The Morgan fingerprint density at radius 2 is 2.27 bits per heavy atom. The lowest BCUT2D eigenvalue weighted by Crippen LogP contribution is -2.25. The van der Waals surface area contributed by atoms with Gasteiger partial charge in [0, 0.05) is 19.8 Å². The zero-order chi connectivity index (χ0) is 11.4. The summed E-state index contributed by atoms with van der Waals surface area (Å²) in [7, 11) is 2.00. The summed E-state index contributed by atoms with van der Waals surface area (Å²) in [6.07, 6.45) is 2.78. The number of pyridine rings is 1. The predicted molar refractivity (Wildman–Crippen MR) is 66.4 cm³/mol. The third-order valence-electron chi connectivity index (χ3n) is 2.51. The van der Waals surface area contributed by atoms with Gasteiger partial charge in [0.05, 0.1) is 10.7 Å². The number of nitrogen functional groups attached to an aromatic ring is 1. The molecule has 0 fully saturated rings.